The molecule has 3 aliphatic heterocycles. The zero-order chi connectivity index (χ0) is 23.6. The first-order valence-corrected chi connectivity index (χ1v) is 11.6. The molecule has 2 aromatic rings. The number of carbonyl (C=O) groups excluding carboxylic acids is 1. The maximum atomic E-state index is 13.3. The molecule has 1 spiro atoms. The Bertz CT molecular complexity index is 1170. The maximum Gasteiger partial charge on any atom is 0.417 e. The summed E-state index contributed by atoms with van der Waals surface area (Å²) in [6, 6.07) is 1.34. The van der Waals surface area contributed by atoms with Crippen molar-refractivity contribution in [1.29, 1.82) is 0 Å². The van der Waals surface area contributed by atoms with E-state index < -0.39 is 37.9 Å². The van der Waals surface area contributed by atoms with Crippen molar-refractivity contribution in [2.24, 2.45) is 5.41 Å². The Morgan fingerprint density at radius 3 is 2.48 bits per heavy atom. The van der Waals surface area contributed by atoms with E-state index >= 15 is 0 Å². The molecule has 0 aliphatic carbocycles. The van der Waals surface area contributed by atoms with Crippen molar-refractivity contribution in [1.82, 2.24) is 34.3 Å². The van der Waals surface area contributed by atoms with E-state index in [1.807, 2.05) is 0 Å². The smallest absolute Gasteiger partial charge is 0.323 e. The van der Waals surface area contributed by atoms with Gasteiger partial charge in [-0.2, -0.15) is 17.5 Å². The quantitative estimate of drug-likeness (QED) is 0.601. The third-order valence-corrected chi connectivity index (χ3v) is 8.23. The molecule has 178 valence electrons. The van der Waals surface area contributed by atoms with Gasteiger partial charge in [0.05, 0.1) is 16.5 Å². The van der Waals surface area contributed by atoms with Crippen molar-refractivity contribution in [2.45, 2.75) is 23.5 Å². The van der Waals surface area contributed by atoms with E-state index in [2.05, 4.69) is 15.5 Å². The Balaban J connectivity index is 1.20. The van der Waals surface area contributed by atoms with Crippen LogP contribution in [0.4, 0.5) is 22.4 Å². The zero-order valence-electron chi connectivity index (χ0n) is 17.1. The van der Waals surface area contributed by atoms with Crippen molar-refractivity contribution < 1.29 is 30.8 Å². The van der Waals surface area contributed by atoms with Gasteiger partial charge in [0.25, 0.3) is 0 Å². The molecular formula is C18H19F4N7O3S. The van der Waals surface area contributed by atoms with Gasteiger partial charge >= 0.3 is 12.2 Å². The van der Waals surface area contributed by atoms with E-state index in [1.165, 1.54) is 6.33 Å². The SMILES string of the molecule is O=C(N1CC[C@@H](n2cnnn2)C1)N1CC2(C1)CN(S(=O)(=O)c1ccc(F)cc1C(F)(F)F)C2. The molecule has 3 fully saturated rings. The molecule has 5 rings (SSSR count). The van der Waals surface area contributed by atoms with E-state index in [0.717, 1.165) is 4.31 Å². The van der Waals surface area contributed by atoms with Crippen molar-refractivity contribution >= 4 is 16.1 Å². The number of rotatable bonds is 3. The average Bonchev–Trinajstić information content (AvgIpc) is 3.36. The normalized spacial score (nSPS) is 23.0. The van der Waals surface area contributed by atoms with Crippen LogP contribution in [0.5, 0.6) is 0 Å². The summed E-state index contributed by atoms with van der Waals surface area (Å²) in [5.41, 5.74) is -2.00. The minimum Gasteiger partial charge on any atom is -0.323 e. The predicted octanol–water partition coefficient (Wildman–Crippen LogP) is 1.20. The van der Waals surface area contributed by atoms with Crippen LogP contribution in [-0.4, -0.2) is 88.0 Å². The van der Waals surface area contributed by atoms with Gasteiger partial charge in [-0.25, -0.2) is 22.3 Å². The van der Waals surface area contributed by atoms with Crippen LogP contribution in [-0.2, 0) is 16.2 Å². The monoisotopic (exact) mass is 489 g/mol. The summed E-state index contributed by atoms with van der Waals surface area (Å²) >= 11 is 0. The summed E-state index contributed by atoms with van der Waals surface area (Å²) in [5, 5.41) is 11.0. The Morgan fingerprint density at radius 2 is 1.85 bits per heavy atom. The fourth-order valence-electron chi connectivity index (χ4n) is 4.73. The molecule has 4 heterocycles. The molecule has 0 N–H and O–H groups in total. The maximum absolute atomic E-state index is 13.3. The summed E-state index contributed by atoms with van der Waals surface area (Å²) in [5.74, 6) is -1.17. The molecule has 1 aromatic carbocycles. The van der Waals surface area contributed by atoms with Crippen LogP contribution in [0.2, 0.25) is 0 Å². The van der Waals surface area contributed by atoms with Gasteiger partial charge < -0.3 is 9.80 Å². The third kappa shape index (κ3) is 3.72. The van der Waals surface area contributed by atoms with Crippen molar-refractivity contribution in [2.75, 3.05) is 39.3 Å². The number of benzene rings is 1. The highest BCUT2D eigenvalue weighted by atomic mass is 32.2. The number of halogens is 4. The highest BCUT2D eigenvalue weighted by molar-refractivity contribution is 7.89. The van der Waals surface area contributed by atoms with E-state index in [-0.39, 0.29) is 31.2 Å². The Hall–Kier alpha value is -2.81. The number of hydrogen-bond acceptors (Lipinski definition) is 6. The first-order valence-electron chi connectivity index (χ1n) is 10.1. The molecule has 0 radical (unpaired) electrons. The second kappa shape index (κ2) is 7.35. The van der Waals surface area contributed by atoms with Crippen LogP contribution in [0.15, 0.2) is 29.4 Å². The van der Waals surface area contributed by atoms with E-state index in [9.17, 15) is 30.8 Å². The third-order valence-electron chi connectivity index (χ3n) is 6.38. The van der Waals surface area contributed by atoms with Crippen LogP contribution in [0.3, 0.4) is 0 Å². The zero-order valence-corrected chi connectivity index (χ0v) is 17.9. The number of sulfonamides is 1. The van der Waals surface area contributed by atoms with Gasteiger partial charge in [-0.3, -0.25) is 0 Å². The Kier molecular flexibility index (Phi) is 4.90. The number of alkyl halides is 3. The molecule has 15 heteroatoms. The number of nitrogens with zero attached hydrogens (tertiary/aromatic N) is 7. The van der Waals surface area contributed by atoms with Crippen molar-refractivity contribution in [3.63, 3.8) is 0 Å². The van der Waals surface area contributed by atoms with Crippen LogP contribution in [0, 0.1) is 11.2 Å². The van der Waals surface area contributed by atoms with Gasteiger partial charge in [0.1, 0.15) is 12.1 Å². The number of likely N-dealkylation sites (tertiary alicyclic amines) is 2. The van der Waals surface area contributed by atoms with Gasteiger partial charge in [-0.15, -0.1) is 5.10 Å². The Labute approximate surface area is 185 Å². The topological polar surface area (TPSA) is 105 Å². The summed E-state index contributed by atoms with van der Waals surface area (Å²) in [4.78, 5) is 15.1. The van der Waals surface area contributed by atoms with Crippen LogP contribution < -0.4 is 0 Å². The number of urea groups is 1. The predicted molar refractivity (Wildman–Crippen MR) is 103 cm³/mol. The van der Waals surface area contributed by atoms with Crippen LogP contribution in [0.25, 0.3) is 0 Å². The highest BCUT2D eigenvalue weighted by Crippen LogP contribution is 2.44. The average molecular weight is 489 g/mol. The Morgan fingerprint density at radius 1 is 1.12 bits per heavy atom. The number of hydrogen-bond donors (Lipinski definition) is 0. The molecule has 3 aliphatic rings. The fourth-order valence-corrected chi connectivity index (χ4v) is 6.58. The van der Waals surface area contributed by atoms with E-state index in [1.54, 1.807) is 14.5 Å². The molecule has 0 bridgehead atoms. The van der Waals surface area contributed by atoms with Crippen LogP contribution in [0.1, 0.15) is 18.0 Å². The largest absolute Gasteiger partial charge is 0.417 e. The van der Waals surface area contributed by atoms with Gasteiger partial charge in [0, 0.05) is 44.7 Å². The summed E-state index contributed by atoms with van der Waals surface area (Å²) < 4.78 is 81.3. The molecule has 2 amide bonds. The fraction of sp³-hybridized carbons (Fsp3) is 0.556. The minimum absolute atomic E-state index is 0.00103. The summed E-state index contributed by atoms with van der Waals surface area (Å²) in [6.45, 7) is 1.64. The van der Waals surface area contributed by atoms with Gasteiger partial charge in [-0.1, -0.05) is 0 Å². The lowest BCUT2D eigenvalue weighted by atomic mass is 9.74. The van der Waals surface area contributed by atoms with Gasteiger partial charge in [0.2, 0.25) is 10.0 Å². The van der Waals surface area contributed by atoms with Gasteiger partial charge in [-0.05, 0) is 35.0 Å². The number of carbonyl (C=O) groups is 1. The van der Waals surface area contributed by atoms with E-state index in [4.69, 9.17) is 0 Å². The van der Waals surface area contributed by atoms with Gasteiger partial charge in [0.15, 0.2) is 0 Å². The summed E-state index contributed by atoms with van der Waals surface area (Å²) in [6.07, 6.45) is -2.81. The molecular weight excluding hydrogens is 470 g/mol. The molecule has 1 aromatic heterocycles. The highest BCUT2D eigenvalue weighted by Gasteiger charge is 2.57. The molecule has 3 saturated heterocycles. The molecule has 33 heavy (non-hydrogen) atoms. The second-order valence-corrected chi connectivity index (χ2v) is 10.6. The van der Waals surface area contributed by atoms with E-state index in [0.29, 0.717) is 44.7 Å². The number of amides is 2. The molecule has 10 nitrogen and oxygen atoms in total. The first kappa shape index (κ1) is 22.0. The van der Waals surface area contributed by atoms with Crippen molar-refractivity contribution in [3.05, 3.63) is 35.9 Å². The standard InChI is InChI=1S/C18H19F4N7O3S/c19-12-1-2-15(14(5-12)18(20,21)22)33(31,32)28-9-17(10-28)7-27(8-17)16(30)26-4-3-13(6-26)29-11-23-24-25-29/h1-2,5,11,13H,3-4,6-10H2/t13-/m1/s1. The first-order chi connectivity index (χ1) is 15.5. The van der Waals surface area contributed by atoms with Crippen LogP contribution >= 0.6 is 0 Å². The number of aromatic nitrogens is 4. The lowest BCUT2D eigenvalue weighted by molar-refractivity contribution is -0.140. The van der Waals surface area contributed by atoms with Crippen molar-refractivity contribution in [3.8, 4) is 0 Å². The summed E-state index contributed by atoms with van der Waals surface area (Å²) in [7, 11) is -4.45. The lowest BCUT2D eigenvalue weighted by Crippen LogP contribution is -2.74. The molecule has 0 saturated carbocycles. The second-order valence-electron chi connectivity index (χ2n) is 8.73. The minimum atomic E-state index is -5.01. The molecule has 0 unspecified atom stereocenters. The molecule has 1 atom stereocenters. The number of tetrazole rings is 1. The lowest BCUT2D eigenvalue weighted by Gasteiger charge is -2.59.